The molecule has 0 unspecified atom stereocenters. The normalized spacial score (nSPS) is 11.9. The summed E-state index contributed by atoms with van der Waals surface area (Å²) in [5.74, 6) is -1.29. The fourth-order valence-electron chi connectivity index (χ4n) is 2.77. The molecule has 0 fully saturated rings. The summed E-state index contributed by atoms with van der Waals surface area (Å²) in [7, 11) is -2.45. The van der Waals surface area contributed by atoms with E-state index in [9.17, 15) is 18.0 Å². The Labute approximate surface area is 181 Å². The maximum atomic E-state index is 13.0. The van der Waals surface area contributed by atoms with Crippen LogP contribution < -0.4 is 9.62 Å². The van der Waals surface area contributed by atoms with Crippen molar-refractivity contribution >= 4 is 33.3 Å². The van der Waals surface area contributed by atoms with E-state index < -0.39 is 28.0 Å². The lowest BCUT2D eigenvalue weighted by molar-refractivity contribution is -0.123. The lowest BCUT2D eigenvalue weighted by Crippen LogP contribution is -2.30. The quantitative estimate of drug-likeness (QED) is 0.568. The molecule has 1 amide bonds. The number of carbonyl (C=O) groups excluding carboxylic acids is 2. The van der Waals surface area contributed by atoms with E-state index in [4.69, 9.17) is 4.74 Å². The first kappa shape index (κ1) is 22.0. The van der Waals surface area contributed by atoms with Crippen molar-refractivity contribution in [3.8, 4) is 0 Å². The fraction of sp³-hybridized carbons (Fsp3) is 0.130. The number of nitrogens with zero attached hydrogens (tertiary/aromatic N) is 1. The largest absolute Gasteiger partial charge is 0.449 e. The Morgan fingerprint density at radius 2 is 1.52 bits per heavy atom. The SMILES string of the molecule is C[C@H](OC(=O)c1cccc(S(=O)(=O)N(C)c2ccccc2)c1)C(=O)Nc1ccccc1. The number of anilines is 2. The molecule has 1 N–H and O–H groups in total. The average Bonchev–Trinajstić information content (AvgIpc) is 2.79. The molecule has 3 aromatic rings. The van der Waals surface area contributed by atoms with Crippen LogP contribution in [-0.2, 0) is 19.6 Å². The number of sulfonamides is 1. The summed E-state index contributed by atoms with van der Waals surface area (Å²) in [6.45, 7) is 1.44. The highest BCUT2D eigenvalue weighted by Gasteiger charge is 2.24. The van der Waals surface area contributed by atoms with Gasteiger partial charge >= 0.3 is 5.97 Å². The van der Waals surface area contributed by atoms with E-state index in [2.05, 4.69) is 5.32 Å². The van der Waals surface area contributed by atoms with Gasteiger partial charge in [-0.05, 0) is 49.4 Å². The van der Waals surface area contributed by atoms with E-state index in [1.807, 2.05) is 6.07 Å². The van der Waals surface area contributed by atoms with Gasteiger partial charge in [0, 0.05) is 12.7 Å². The fourth-order valence-corrected chi connectivity index (χ4v) is 4.01. The first-order chi connectivity index (χ1) is 14.8. The van der Waals surface area contributed by atoms with Gasteiger partial charge in [0.2, 0.25) is 0 Å². The third kappa shape index (κ3) is 5.29. The number of rotatable bonds is 7. The van der Waals surface area contributed by atoms with Crippen LogP contribution in [0.3, 0.4) is 0 Å². The Hall–Kier alpha value is -3.65. The molecule has 8 heteroatoms. The number of hydrogen-bond donors (Lipinski definition) is 1. The van der Waals surface area contributed by atoms with Crippen molar-refractivity contribution in [1.29, 1.82) is 0 Å². The van der Waals surface area contributed by atoms with Gasteiger partial charge in [-0.15, -0.1) is 0 Å². The molecule has 0 aromatic heterocycles. The second-order valence-corrected chi connectivity index (χ2v) is 8.71. The predicted octanol–water partition coefficient (Wildman–Crippen LogP) is 3.70. The number of para-hydroxylation sites is 2. The molecule has 0 saturated carbocycles. The number of amides is 1. The van der Waals surface area contributed by atoms with Gasteiger partial charge in [0.05, 0.1) is 16.1 Å². The van der Waals surface area contributed by atoms with Crippen LogP contribution in [0.4, 0.5) is 11.4 Å². The predicted molar refractivity (Wildman–Crippen MR) is 118 cm³/mol. The molecule has 3 aromatic carbocycles. The standard InChI is InChI=1S/C23H22N2O5S/c1-17(22(26)24-19-11-5-3-6-12-19)30-23(27)18-10-9-15-21(16-18)31(28,29)25(2)20-13-7-4-8-14-20/h3-17H,1-2H3,(H,24,26)/t17-/m0/s1. The van der Waals surface area contributed by atoms with Crippen molar-refractivity contribution in [3.05, 3.63) is 90.5 Å². The molecule has 1 atom stereocenters. The van der Waals surface area contributed by atoms with Crippen LogP contribution in [0.2, 0.25) is 0 Å². The van der Waals surface area contributed by atoms with E-state index >= 15 is 0 Å². The van der Waals surface area contributed by atoms with Gasteiger partial charge in [0.1, 0.15) is 0 Å². The summed E-state index contributed by atoms with van der Waals surface area (Å²) < 4.78 is 32.3. The maximum Gasteiger partial charge on any atom is 0.338 e. The number of hydrogen-bond acceptors (Lipinski definition) is 5. The van der Waals surface area contributed by atoms with Crippen LogP contribution in [0.5, 0.6) is 0 Å². The summed E-state index contributed by atoms with van der Waals surface area (Å²) in [6, 6.07) is 22.9. The van der Waals surface area contributed by atoms with Crippen LogP contribution in [0, 0.1) is 0 Å². The molecule has 160 valence electrons. The molecular formula is C23H22N2O5S. The van der Waals surface area contributed by atoms with Gasteiger partial charge in [-0.25, -0.2) is 13.2 Å². The van der Waals surface area contributed by atoms with Crippen LogP contribution in [0.15, 0.2) is 89.8 Å². The van der Waals surface area contributed by atoms with Gasteiger partial charge in [-0.1, -0.05) is 42.5 Å². The van der Waals surface area contributed by atoms with E-state index in [0.717, 1.165) is 4.31 Å². The van der Waals surface area contributed by atoms with Crippen molar-refractivity contribution in [2.24, 2.45) is 0 Å². The molecule has 0 heterocycles. The molecule has 0 aliphatic rings. The summed E-state index contributed by atoms with van der Waals surface area (Å²) in [5.41, 5.74) is 1.09. The highest BCUT2D eigenvalue weighted by atomic mass is 32.2. The van der Waals surface area contributed by atoms with Gasteiger partial charge in [-0.2, -0.15) is 0 Å². The Morgan fingerprint density at radius 3 is 2.16 bits per heavy atom. The van der Waals surface area contributed by atoms with Crippen molar-refractivity contribution in [2.75, 3.05) is 16.7 Å². The summed E-state index contributed by atoms with van der Waals surface area (Å²) >= 11 is 0. The molecule has 7 nitrogen and oxygen atoms in total. The zero-order valence-electron chi connectivity index (χ0n) is 17.1. The van der Waals surface area contributed by atoms with Crippen LogP contribution in [0.25, 0.3) is 0 Å². The summed E-state index contributed by atoms with van der Waals surface area (Å²) in [4.78, 5) is 24.7. The van der Waals surface area contributed by atoms with Gasteiger partial charge < -0.3 is 10.1 Å². The summed E-state index contributed by atoms with van der Waals surface area (Å²) in [5, 5.41) is 2.65. The van der Waals surface area contributed by atoms with E-state index in [1.165, 1.54) is 38.2 Å². The molecule has 31 heavy (non-hydrogen) atoms. The van der Waals surface area contributed by atoms with Crippen LogP contribution in [0.1, 0.15) is 17.3 Å². The van der Waals surface area contributed by atoms with Crippen LogP contribution in [-0.4, -0.2) is 33.4 Å². The number of benzene rings is 3. The first-order valence-electron chi connectivity index (χ1n) is 9.50. The number of esters is 1. The van der Waals surface area contributed by atoms with Crippen LogP contribution >= 0.6 is 0 Å². The molecule has 0 aliphatic heterocycles. The molecule has 3 rings (SSSR count). The van der Waals surface area contributed by atoms with Crippen molar-refractivity contribution in [3.63, 3.8) is 0 Å². The second-order valence-electron chi connectivity index (χ2n) is 6.74. The Bertz CT molecular complexity index is 1160. The summed E-state index contributed by atoms with van der Waals surface area (Å²) in [6.07, 6.45) is -1.07. The minimum atomic E-state index is -3.89. The van der Waals surface area contributed by atoms with Crippen molar-refractivity contribution in [1.82, 2.24) is 0 Å². The van der Waals surface area contributed by atoms with Gasteiger partial charge in [-0.3, -0.25) is 9.10 Å². The first-order valence-corrected chi connectivity index (χ1v) is 10.9. The Kier molecular flexibility index (Phi) is 6.71. The highest BCUT2D eigenvalue weighted by Crippen LogP contribution is 2.22. The molecule has 0 radical (unpaired) electrons. The van der Waals surface area contributed by atoms with E-state index in [0.29, 0.717) is 11.4 Å². The molecule has 0 spiro atoms. The smallest absolute Gasteiger partial charge is 0.338 e. The minimum absolute atomic E-state index is 0.0295. The third-order valence-electron chi connectivity index (χ3n) is 4.54. The number of ether oxygens (including phenoxy) is 1. The van der Waals surface area contributed by atoms with E-state index in [-0.39, 0.29) is 10.5 Å². The maximum absolute atomic E-state index is 13.0. The highest BCUT2D eigenvalue weighted by molar-refractivity contribution is 7.92. The average molecular weight is 439 g/mol. The lowest BCUT2D eigenvalue weighted by Gasteiger charge is -2.20. The molecule has 0 saturated heterocycles. The second kappa shape index (κ2) is 9.44. The molecular weight excluding hydrogens is 416 g/mol. The topological polar surface area (TPSA) is 92.8 Å². The van der Waals surface area contributed by atoms with Gasteiger partial charge in [0.15, 0.2) is 6.10 Å². The Balaban J connectivity index is 1.73. The minimum Gasteiger partial charge on any atom is -0.449 e. The Morgan fingerprint density at radius 1 is 0.903 bits per heavy atom. The van der Waals surface area contributed by atoms with Crippen molar-refractivity contribution < 1.29 is 22.7 Å². The molecule has 0 aliphatic carbocycles. The zero-order chi connectivity index (χ0) is 22.4. The van der Waals surface area contributed by atoms with E-state index in [1.54, 1.807) is 54.6 Å². The lowest BCUT2D eigenvalue weighted by atomic mass is 10.2. The van der Waals surface area contributed by atoms with Crippen molar-refractivity contribution in [2.45, 2.75) is 17.9 Å². The number of carbonyl (C=O) groups is 2. The van der Waals surface area contributed by atoms with Gasteiger partial charge in [0.25, 0.3) is 15.9 Å². The number of nitrogens with one attached hydrogen (secondary N) is 1. The zero-order valence-corrected chi connectivity index (χ0v) is 17.9. The monoisotopic (exact) mass is 438 g/mol. The third-order valence-corrected chi connectivity index (χ3v) is 6.32. The molecule has 0 bridgehead atoms.